The van der Waals surface area contributed by atoms with E-state index in [4.69, 9.17) is 28.3 Å². The van der Waals surface area contributed by atoms with Crippen molar-refractivity contribution >= 4 is 40.8 Å². The Labute approximate surface area is 119 Å². The number of nitrogens with one attached hydrogen (secondary N) is 2. The molecule has 0 radical (unpaired) electrons. The zero-order valence-electron chi connectivity index (χ0n) is 9.87. The fraction of sp³-hybridized carbons (Fsp3) is 0.333. The molecule has 19 heavy (non-hydrogen) atoms. The second kappa shape index (κ2) is 5.77. The van der Waals surface area contributed by atoms with Crippen LogP contribution in [-0.2, 0) is 4.79 Å². The van der Waals surface area contributed by atoms with Gasteiger partial charge in [0, 0.05) is 0 Å². The molecule has 0 spiro atoms. The minimum Gasteiger partial charge on any atom is -0.478 e. The van der Waals surface area contributed by atoms with Gasteiger partial charge in [0.1, 0.15) is 0 Å². The summed E-state index contributed by atoms with van der Waals surface area (Å²) in [7, 11) is 0. The summed E-state index contributed by atoms with van der Waals surface area (Å²) in [5.74, 6) is -1.34. The molecule has 1 atom stereocenters. The van der Waals surface area contributed by atoms with E-state index in [1.54, 1.807) is 0 Å². The highest BCUT2D eigenvalue weighted by molar-refractivity contribution is 6.40. The molecule has 1 amide bonds. The van der Waals surface area contributed by atoms with E-state index >= 15 is 0 Å². The Balaban J connectivity index is 2.20. The van der Waals surface area contributed by atoms with Crippen molar-refractivity contribution in [2.45, 2.75) is 18.9 Å². The van der Waals surface area contributed by atoms with Crippen molar-refractivity contribution in [1.82, 2.24) is 5.32 Å². The Hall–Kier alpha value is -1.30. The minimum absolute atomic E-state index is 0.0213. The predicted molar refractivity (Wildman–Crippen MR) is 73.1 cm³/mol. The Kier molecular flexibility index (Phi) is 4.29. The van der Waals surface area contributed by atoms with Crippen LogP contribution in [0.5, 0.6) is 0 Å². The topological polar surface area (TPSA) is 78.4 Å². The van der Waals surface area contributed by atoms with Crippen LogP contribution < -0.4 is 10.6 Å². The molecule has 5 nitrogen and oxygen atoms in total. The van der Waals surface area contributed by atoms with Crippen LogP contribution in [0.3, 0.4) is 0 Å². The quantitative estimate of drug-likeness (QED) is 0.801. The molecular weight excluding hydrogens is 291 g/mol. The molecule has 0 bridgehead atoms. The molecule has 102 valence electrons. The van der Waals surface area contributed by atoms with E-state index in [0.29, 0.717) is 0 Å². The third kappa shape index (κ3) is 3.18. The van der Waals surface area contributed by atoms with E-state index in [-0.39, 0.29) is 33.2 Å². The average molecular weight is 303 g/mol. The lowest BCUT2D eigenvalue weighted by Gasteiger charge is -2.14. The van der Waals surface area contributed by atoms with Gasteiger partial charge in [-0.15, -0.1) is 0 Å². The van der Waals surface area contributed by atoms with Crippen molar-refractivity contribution in [2.24, 2.45) is 0 Å². The summed E-state index contributed by atoms with van der Waals surface area (Å²) in [5, 5.41) is 14.8. The molecule has 1 heterocycles. The van der Waals surface area contributed by atoms with Gasteiger partial charge in [-0.25, -0.2) is 4.79 Å². The van der Waals surface area contributed by atoms with E-state index < -0.39 is 5.97 Å². The zero-order chi connectivity index (χ0) is 14.0. The SMILES string of the molecule is O=C(O)c1cc(Cl)c(NC(=O)[C@@H]2CCCN2)c(Cl)c1. The summed E-state index contributed by atoms with van der Waals surface area (Å²) >= 11 is 11.9. The lowest BCUT2D eigenvalue weighted by molar-refractivity contribution is -0.117. The van der Waals surface area contributed by atoms with Crippen LogP contribution in [0, 0.1) is 0 Å². The number of carboxylic acid groups (broad SMARTS) is 1. The zero-order valence-corrected chi connectivity index (χ0v) is 11.4. The van der Waals surface area contributed by atoms with Gasteiger partial charge in [0.2, 0.25) is 5.91 Å². The van der Waals surface area contributed by atoms with Crippen LogP contribution in [0.2, 0.25) is 10.0 Å². The van der Waals surface area contributed by atoms with Gasteiger partial charge in [0.15, 0.2) is 0 Å². The van der Waals surface area contributed by atoms with Gasteiger partial charge in [-0.2, -0.15) is 0 Å². The van der Waals surface area contributed by atoms with Gasteiger partial charge in [0.05, 0.1) is 27.3 Å². The molecule has 7 heteroatoms. The molecule has 1 saturated heterocycles. The summed E-state index contributed by atoms with van der Waals surface area (Å²) in [6, 6.07) is 2.26. The molecular formula is C12H12Cl2N2O3. The first kappa shape index (κ1) is 14.1. The van der Waals surface area contributed by atoms with Crippen LogP contribution in [0.15, 0.2) is 12.1 Å². The largest absolute Gasteiger partial charge is 0.478 e. The summed E-state index contributed by atoms with van der Waals surface area (Å²) in [6.07, 6.45) is 1.70. The standard InChI is InChI=1S/C12H12Cl2N2O3/c13-7-4-6(12(18)19)5-8(14)10(7)16-11(17)9-2-1-3-15-9/h4-5,9,15H,1-3H2,(H,16,17)(H,18,19)/t9-/m0/s1. The van der Waals surface area contributed by atoms with Gasteiger partial charge >= 0.3 is 5.97 Å². The highest BCUT2D eigenvalue weighted by Gasteiger charge is 2.23. The number of anilines is 1. The van der Waals surface area contributed by atoms with Crippen LogP contribution >= 0.6 is 23.2 Å². The normalized spacial score (nSPS) is 18.3. The van der Waals surface area contributed by atoms with Crippen molar-refractivity contribution < 1.29 is 14.7 Å². The highest BCUT2D eigenvalue weighted by atomic mass is 35.5. The number of hydrogen-bond donors (Lipinski definition) is 3. The molecule has 3 N–H and O–H groups in total. The second-order valence-electron chi connectivity index (χ2n) is 4.26. The number of halogens is 2. The van der Waals surface area contributed by atoms with Gasteiger partial charge in [0.25, 0.3) is 0 Å². The molecule has 0 aliphatic carbocycles. The first-order valence-electron chi connectivity index (χ1n) is 5.75. The van der Waals surface area contributed by atoms with Crippen LogP contribution in [0.4, 0.5) is 5.69 Å². The van der Waals surface area contributed by atoms with Crippen LogP contribution in [0.1, 0.15) is 23.2 Å². The number of carbonyl (C=O) groups is 2. The van der Waals surface area contributed by atoms with Crippen molar-refractivity contribution in [2.75, 3.05) is 11.9 Å². The molecule has 1 aliphatic rings. The van der Waals surface area contributed by atoms with Gasteiger partial charge in [-0.1, -0.05) is 23.2 Å². The number of aromatic carboxylic acids is 1. The second-order valence-corrected chi connectivity index (χ2v) is 5.07. The monoisotopic (exact) mass is 302 g/mol. The molecule has 1 aromatic carbocycles. The van der Waals surface area contributed by atoms with Gasteiger partial charge in [-0.3, -0.25) is 4.79 Å². The summed E-state index contributed by atoms with van der Waals surface area (Å²) < 4.78 is 0. The van der Waals surface area contributed by atoms with E-state index in [1.807, 2.05) is 0 Å². The first-order valence-corrected chi connectivity index (χ1v) is 6.51. The third-order valence-electron chi connectivity index (χ3n) is 2.91. The van der Waals surface area contributed by atoms with Crippen LogP contribution in [0.25, 0.3) is 0 Å². The molecule has 2 rings (SSSR count). The smallest absolute Gasteiger partial charge is 0.335 e. The lowest BCUT2D eigenvalue weighted by Crippen LogP contribution is -2.35. The lowest BCUT2D eigenvalue weighted by atomic mass is 10.2. The summed E-state index contributed by atoms with van der Waals surface area (Å²) in [4.78, 5) is 22.8. The Morgan fingerprint density at radius 3 is 2.42 bits per heavy atom. The first-order chi connectivity index (χ1) is 8.99. The molecule has 1 fully saturated rings. The van der Waals surface area contributed by atoms with Gasteiger partial charge < -0.3 is 15.7 Å². The van der Waals surface area contributed by atoms with E-state index in [9.17, 15) is 9.59 Å². The number of rotatable bonds is 3. The maximum absolute atomic E-state index is 11.9. The number of carbonyl (C=O) groups excluding carboxylic acids is 1. The van der Waals surface area contributed by atoms with Crippen molar-refractivity contribution in [3.8, 4) is 0 Å². The van der Waals surface area contributed by atoms with Crippen molar-refractivity contribution in [3.05, 3.63) is 27.7 Å². The fourth-order valence-electron chi connectivity index (χ4n) is 1.93. The minimum atomic E-state index is -1.13. The average Bonchev–Trinajstić information content (AvgIpc) is 2.86. The van der Waals surface area contributed by atoms with Crippen molar-refractivity contribution in [3.63, 3.8) is 0 Å². The molecule has 0 unspecified atom stereocenters. The number of carboxylic acids is 1. The number of benzene rings is 1. The molecule has 1 aromatic rings. The number of amides is 1. The van der Waals surface area contributed by atoms with Gasteiger partial charge in [-0.05, 0) is 31.5 Å². The van der Waals surface area contributed by atoms with E-state index in [1.165, 1.54) is 12.1 Å². The molecule has 1 aliphatic heterocycles. The Morgan fingerprint density at radius 2 is 1.95 bits per heavy atom. The Bertz CT molecular complexity index is 505. The number of hydrogen-bond acceptors (Lipinski definition) is 3. The Morgan fingerprint density at radius 1 is 1.32 bits per heavy atom. The maximum atomic E-state index is 11.9. The maximum Gasteiger partial charge on any atom is 0.335 e. The van der Waals surface area contributed by atoms with E-state index in [0.717, 1.165) is 19.4 Å². The molecule has 0 saturated carbocycles. The van der Waals surface area contributed by atoms with Crippen molar-refractivity contribution in [1.29, 1.82) is 0 Å². The highest BCUT2D eigenvalue weighted by Crippen LogP contribution is 2.32. The third-order valence-corrected chi connectivity index (χ3v) is 3.51. The van der Waals surface area contributed by atoms with Crippen LogP contribution in [-0.4, -0.2) is 29.6 Å². The molecule has 0 aromatic heterocycles. The van der Waals surface area contributed by atoms with E-state index in [2.05, 4.69) is 10.6 Å². The fourth-order valence-corrected chi connectivity index (χ4v) is 2.52. The summed E-state index contributed by atoms with van der Waals surface area (Å²) in [5.41, 5.74) is 0.221. The summed E-state index contributed by atoms with van der Waals surface area (Å²) in [6.45, 7) is 0.803. The predicted octanol–water partition coefficient (Wildman–Crippen LogP) is 2.38.